The summed E-state index contributed by atoms with van der Waals surface area (Å²) in [6, 6.07) is 15.1. The Balaban J connectivity index is 2.01. The number of aliphatic hydroxyl groups is 1. The molecular weight excluding hydrogens is 393 g/mol. The first-order valence-electron chi connectivity index (χ1n) is 9.55. The molecule has 29 heavy (non-hydrogen) atoms. The minimum atomic E-state index is -3.98. The van der Waals surface area contributed by atoms with Gasteiger partial charge >= 0.3 is 0 Å². The van der Waals surface area contributed by atoms with Gasteiger partial charge in [-0.05, 0) is 50.3 Å². The van der Waals surface area contributed by atoms with E-state index in [9.17, 15) is 17.9 Å². The molecule has 0 saturated heterocycles. The Morgan fingerprint density at radius 2 is 1.69 bits per heavy atom. The van der Waals surface area contributed by atoms with Crippen LogP contribution in [0.1, 0.15) is 50.7 Å². The number of nitrogens with zero attached hydrogens (tertiary/aromatic N) is 1. The summed E-state index contributed by atoms with van der Waals surface area (Å²) in [5.74, 6) is -0.823. The van der Waals surface area contributed by atoms with Gasteiger partial charge in [0.05, 0.1) is 0 Å². The molecule has 2 aromatic rings. The zero-order chi connectivity index (χ0) is 21.3. The van der Waals surface area contributed by atoms with Gasteiger partial charge in [-0.2, -0.15) is 0 Å². The van der Waals surface area contributed by atoms with Gasteiger partial charge in [0, 0.05) is 13.0 Å². The highest BCUT2D eigenvalue weighted by molar-refractivity contribution is 7.91. The molecule has 5 nitrogen and oxygen atoms in total. The van der Waals surface area contributed by atoms with Gasteiger partial charge in [-0.15, -0.1) is 4.40 Å². The Labute approximate surface area is 171 Å². The van der Waals surface area contributed by atoms with Crippen LogP contribution in [0.15, 0.2) is 59.0 Å². The van der Waals surface area contributed by atoms with Crippen LogP contribution in [0, 0.1) is 5.82 Å². The molecule has 3 rings (SSSR count). The average Bonchev–Trinajstić information content (AvgIpc) is 2.66. The van der Waals surface area contributed by atoms with Gasteiger partial charge in [0.2, 0.25) is 5.90 Å². The largest absolute Gasteiger partial charge is 0.472 e. The maximum atomic E-state index is 14.3. The molecule has 0 aliphatic carbocycles. The van der Waals surface area contributed by atoms with Crippen molar-refractivity contribution in [2.24, 2.45) is 4.40 Å². The Morgan fingerprint density at radius 3 is 2.28 bits per heavy atom. The standard InChI is InChI=1S/C22H26FNO4S/c1-21(2)22(3,17-9-5-4-6-10-17)29(26,27)24-20(28-21)15-16(13-14-25)18-11-7-8-12-19(18)23/h4-12,16,25H,13-15H2,1-3H3/t16-,22?/m1/s1. The van der Waals surface area contributed by atoms with E-state index in [0.29, 0.717) is 11.1 Å². The predicted octanol–water partition coefficient (Wildman–Crippen LogP) is 4.13. The summed E-state index contributed by atoms with van der Waals surface area (Å²) in [7, 11) is -3.98. The summed E-state index contributed by atoms with van der Waals surface area (Å²) in [6.45, 7) is 4.89. The van der Waals surface area contributed by atoms with Gasteiger partial charge in [-0.1, -0.05) is 48.5 Å². The lowest BCUT2D eigenvalue weighted by Gasteiger charge is -2.45. The molecule has 0 radical (unpaired) electrons. The second-order valence-electron chi connectivity index (χ2n) is 7.91. The van der Waals surface area contributed by atoms with E-state index in [1.165, 1.54) is 6.07 Å². The van der Waals surface area contributed by atoms with E-state index in [1.807, 2.05) is 6.07 Å². The molecular formula is C22H26FNO4S. The van der Waals surface area contributed by atoms with E-state index in [2.05, 4.69) is 4.40 Å². The lowest BCUT2D eigenvalue weighted by molar-refractivity contribution is 0.0424. The molecule has 0 aromatic heterocycles. The summed E-state index contributed by atoms with van der Waals surface area (Å²) in [5, 5.41) is 9.43. The van der Waals surface area contributed by atoms with Crippen LogP contribution in [-0.4, -0.2) is 31.6 Å². The molecule has 1 heterocycles. The quantitative estimate of drug-likeness (QED) is 0.764. The highest BCUT2D eigenvalue weighted by Gasteiger charge is 2.58. The van der Waals surface area contributed by atoms with Crippen molar-refractivity contribution in [1.82, 2.24) is 0 Å². The zero-order valence-electron chi connectivity index (χ0n) is 16.8. The van der Waals surface area contributed by atoms with E-state index in [4.69, 9.17) is 4.74 Å². The lowest BCUT2D eigenvalue weighted by atomic mass is 9.84. The Bertz CT molecular complexity index is 1000. The minimum Gasteiger partial charge on any atom is -0.472 e. The van der Waals surface area contributed by atoms with Crippen molar-refractivity contribution in [1.29, 1.82) is 0 Å². The van der Waals surface area contributed by atoms with Crippen molar-refractivity contribution in [3.63, 3.8) is 0 Å². The average molecular weight is 420 g/mol. The topological polar surface area (TPSA) is 76.0 Å². The van der Waals surface area contributed by atoms with Crippen LogP contribution in [0.4, 0.5) is 4.39 Å². The second-order valence-corrected chi connectivity index (χ2v) is 9.86. The summed E-state index contributed by atoms with van der Waals surface area (Å²) < 4.78 is 49.5. The Hall–Kier alpha value is -2.25. The van der Waals surface area contributed by atoms with Crippen LogP contribution in [0.5, 0.6) is 0 Å². The Kier molecular flexibility index (Phi) is 5.83. The fourth-order valence-electron chi connectivity index (χ4n) is 3.82. The second kappa shape index (κ2) is 7.88. The van der Waals surface area contributed by atoms with Gasteiger partial charge in [0.15, 0.2) is 4.75 Å². The molecule has 0 fully saturated rings. The predicted molar refractivity (Wildman–Crippen MR) is 111 cm³/mol. The molecule has 1 aliphatic rings. The van der Waals surface area contributed by atoms with E-state index in [1.54, 1.807) is 63.2 Å². The van der Waals surface area contributed by atoms with Gasteiger partial charge in [-0.25, -0.2) is 12.8 Å². The molecule has 0 spiro atoms. The molecule has 2 atom stereocenters. The summed E-state index contributed by atoms with van der Waals surface area (Å²) in [5.41, 5.74) is -0.114. The SMILES string of the molecule is CC1(C)OC(C[C@@H](CCO)c2ccccc2F)=NS(=O)(=O)C1(C)c1ccccc1. The smallest absolute Gasteiger partial charge is 0.269 e. The highest BCUT2D eigenvalue weighted by atomic mass is 32.2. The number of benzene rings is 2. The number of hydrogen-bond acceptors (Lipinski definition) is 4. The molecule has 2 aromatic carbocycles. The van der Waals surface area contributed by atoms with Crippen molar-refractivity contribution in [3.8, 4) is 0 Å². The van der Waals surface area contributed by atoms with Crippen LogP contribution >= 0.6 is 0 Å². The first kappa shape index (κ1) is 21.5. The molecule has 7 heteroatoms. The number of aliphatic hydroxyl groups excluding tert-OH is 1. The Morgan fingerprint density at radius 1 is 1.07 bits per heavy atom. The molecule has 1 N–H and O–H groups in total. The van der Waals surface area contributed by atoms with Crippen LogP contribution in [-0.2, 0) is 19.5 Å². The number of hydrogen-bond donors (Lipinski definition) is 1. The first-order chi connectivity index (χ1) is 13.6. The van der Waals surface area contributed by atoms with E-state index in [0.717, 1.165) is 0 Å². The fraction of sp³-hybridized carbons (Fsp3) is 0.409. The van der Waals surface area contributed by atoms with Crippen molar-refractivity contribution < 1.29 is 22.7 Å². The number of sulfonamides is 1. The van der Waals surface area contributed by atoms with E-state index in [-0.39, 0.29) is 25.3 Å². The van der Waals surface area contributed by atoms with Gasteiger partial charge < -0.3 is 9.84 Å². The highest BCUT2D eigenvalue weighted by Crippen LogP contribution is 2.47. The van der Waals surface area contributed by atoms with Crippen molar-refractivity contribution >= 4 is 15.9 Å². The first-order valence-corrected chi connectivity index (χ1v) is 11.0. The monoisotopic (exact) mass is 419 g/mol. The lowest BCUT2D eigenvalue weighted by Crippen LogP contribution is -2.55. The van der Waals surface area contributed by atoms with E-state index < -0.39 is 32.1 Å². The third-order valence-electron chi connectivity index (χ3n) is 5.83. The minimum absolute atomic E-state index is 0.0325. The molecule has 0 amide bonds. The number of rotatable bonds is 6. The summed E-state index contributed by atoms with van der Waals surface area (Å²) >= 11 is 0. The van der Waals surface area contributed by atoms with Crippen LogP contribution < -0.4 is 0 Å². The van der Waals surface area contributed by atoms with E-state index >= 15 is 0 Å². The fourth-order valence-corrected chi connectivity index (χ4v) is 5.48. The zero-order valence-corrected chi connectivity index (χ0v) is 17.6. The molecule has 1 aliphatic heterocycles. The van der Waals surface area contributed by atoms with Gasteiger partial charge in [0.1, 0.15) is 11.4 Å². The normalized spacial score (nSPS) is 23.7. The van der Waals surface area contributed by atoms with Crippen LogP contribution in [0.2, 0.25) is 0 Å². The van der Waals surface area contributed by atoms with Crippen molar-refractivity contribution in [3.05, 3.63) is 71.5 Å². The molecule has 1 unspecified atom stereocenters. The van der Waals surface area contributed by atoms with Gasteiger partial charge in [-0.3, -0.25) is 0 Å². The number of halogens is 1. The third-order valence-corrected chi connectivity index (χ3v) is 8.03. The van der Waals surface area contributed by atoms with Crippen LogP contribution in [0.25, 0.3) is 0 Å². The molecule has 0 saturated carbocycles. The van der Waals surface area contributed by atoms with Gasteiger partial charge in [0.25, 0.3) is 10.0 Å². The van der Waals surface area contributed by atoms with Crippen molar-refractivity contribution in [2.45, 2.75) is 49.9 Å². The maximum Gasteiger partial charge on any atom is 0.269 e. The third kappa shape index (κ3) is 3.81. The van der Waals surface area contributed by atoms with Crippen LogP contribution in [0.3, 0.4) is 0 Å². The number of ether oxygens (including phenoxy) is 1. The van der Waals surface area contributed by atoms with Crippen molar-refractivity contribution in [2.75, 3.05) is 6.61 Å². The molecule has 0 bridgehead atoms. The summed E-state index contributed by atoms with van der Waals surface area (Å²) in [6.07, 6.45) is 0.342. The maximum absolute atomic E-state index is 14.3. The molecule has 156 valence electrons. The summed E-state index contributed by atoms with van der Waals surface area (Å²) in [4.78, 5) is 0.